The van der Waals surface area contributed by atoms with Crippen LogP contribution in [0.2, 0.25) is 0 Å². The predicted octanol–water partition coefficient (Wildman–Crippen LogP) is 3.94. The second-order valence-corrected chi connectivity index (χ2v) is 7.15. The van der Waals surface area contributed by atoms with Gasteiger partial charge in [-0.3, -0.25) is 4.99 Å². The number of thiazole rings is 1. The molecule has 0 atom stereocenters. The number of hydrogen-bond donors (Lipinski definition) is 2. The van der Waals surface area contributed by atoms with E-state index in [2.05, 4.69) is 32.5 Å². The standard InChI is InChI=1S/C19H23N5OS.HI/c1-13-14(2)26-17(23-13)9-10-21-19(20-3)22-11-16-12-25-18(24-16)15-7-5-4-6-8-15;/h4-8,12H,9-11H2,1-3H3,(H2,20,21,22);1H. The molecule has 1 aromatic carbocycles. The molecule has 3 aromatic rings. The minimum absolute atomic E-state index is 0. The highest BCUT2D eigenvalue weighted by molar-refractivity contribution is 14.0. The van der Waals surface area contributed by atoms with Crippen molar-refractivity contribution in [3.8, 4) is 11.5 Å². The van der Waals surface area contributed by atoms with Crippen LogP contribution in [-0.2, 0) is 13.0 Å². The van der Waals surface area contributed by atoms with Crippen LogP contribution in [0.25, 0.3) is 11.5 Å². The van der Waals surface area contributed by atoms with E-state index in [0.29, 0.717) is 12.4 Å². The van der Waals surface area contributed by atoms with Gasteiger partial charge >= 0.3 is 0 Å². The van der Waals surface area contributed by atoms with Gasteiger partial charge in [0.15, 0.2) is 5.96 Å². The second kappa shape index (κ2) is 10.4. The Balaban J connectivity index is 0.00000261. The first kappa shape index (κ1) is 21.4. The summed E-state index contributed by atoms with van der Waals surface area (Å²) in [6.45, 7) is 5.47. The van der Waals surface area contributed by atoms with E-state index < -0.39 is 0 Å². The fraction of sp³-hybridized carbons (Fsp3) is 0.316. The van der Waals surface area contributed by atoms with Gasteiger partial charge in [-0.2, -0.15) is 0 Å². The molecule has 0 fully saturated rings. The summed E-state index contributed by atoms with van der Waals surface area (Å²) in [5.74, 6) is 1.36. The van der Waals surface area contributed by atoms with Crippen molar-refractivity contribution in [2.45, 2.75) is 26.8 Å². The molecule has 0 aliphatic carbocycles. The zero-order valence-corrected chi connectivity index (χ0v) is 18.8. The van der Waals surface area contributed by atoms with Crippen LogP contribution in [0, 0.1) is 13.8 Å². The number of nitrogens with zero attached hydrogens (tertiary/aromatic N) is 3. The van der Waals surface area contributed by atoms with E-state index in [-0.39, 0.29) is 24.0 Å². The van der Waals surface area contributed by atoms with Crippen LogP contribution in [0.15, 0.2) is 46.0 Å². The average molecular weight is 497 g/mol. The Kier molecular flexibility index (Phi) is 8.23. The summed E-state index contributed by atoms with van der Waals surface area (Å²) in [5.41, 5.74) is 2.92. The van der Waals surface area contributed by atoms with Crippen LogP contribution in [-0.4, -0.2) is 29.5 Å². The Bertz CT molecular complexity index is 856. The number of aromatic nitrogens is 2. The number of nitrogens with one attached hydrogen (secondary N) is 2. The number of rotatable bonds is 6. The lowest BCUT2D eigenvalue weighted by Gasteiger charge is -2.09. The molecule has 2 heterocycles. The molecular formula is C19H24IN5OS. The highest BCUT2D eigenvalue weighted by atomic mass is 127. The van der Waals surface area contributed by atoms with Gasteiger partial charge in [0.25, 0.3) is 0 Å². The fourth-order valence-corrected chi connectivity index (χ4v) is 3.36. The van der Waals surface area contributed by atoms with E-state index in [1.807, 2.05) is 37.3 Å². The van der Waals surface area contributed by atoms with Gasteiger partial charge in [0, 0.05) is 30.5 Å². The van der Waals surface area contributed by atoms with Gasteiger partial charge in [0.1, 0.15) is 6.26 Å². The van der Waals surface area contributed by atoms with Crippen LogP contribution in [0.3, 0.4) is 0 Å². The molecule has 8 heteroatoms. The third-order valence-corrected chi connectivity index (χ3v) is 5.07. The summed E-state index contributed by atoms with van der Waals surface area (Å²) in [5, 5.41) is 7.70. The first-order chi connectivity index (χ1) is 12.7. The topological polar surface area (TPSA) is 75.3 Å². The Labute approximate surface area is 180 Å². The van der Waals surface area contributed by atoms with Crippen LogP contribution in [0.1, 0.15) is 21.3 Å². The Hall–Kier alpha value is -1.94. The van der Waals surface area contributed by atoms with Crippen molar-refractivity contribution in [3.05, 3.63) is 57.9 Å². The van der Waals surface area contributed by atoms with Crippen LogP contribution >= 0.6 is 35.3 Å². The third kappa shape index (κ3) is 6.03. The Morgan fingerprint density at radius 3 is 2.59 bits per heavy atom. The lowest BCUT2D eigenvalue weighted by atomic mass is 10.2. The predicted molar refractivity (Wildman–Crippen MR) is 121 cm³/mol. The zero-order valence-electron chi connectivity index (χ0n) is 15.7. The van der Waals surface area contributed by atoms with Crippen molar-refractivity contribution in [2.24, 2.45) is 4.99 Å². The number of aliphatic imine (C=N–C) groups is 1. The molecule has 0 radical (unpaired) electrons. The van der Waals surface area contributed by atoms with E-state index in [9.17, 15) is 0 Å². The first-order valence-corrected chi connectivity index (χ1v) is 9.34. The molecule has 2 aromatic heterocycles. The maximum atomic E-state index is 5.55. The van der Waals surface area contributed by atoms with Crippen molar-refractivity contribution in [3.63, 3.8) is 0 Å². The second-order valence-electron chi connectivity index (χ2n) is 5.86. The van der Waals surface area contributed by atoms with Crippen molar-refractivity contribution < 1.29 is 4.42 Å². The summed E-state index contributed by atoms with van der Waals surface area (Å²) in [7, 11) is 1.76. The molecule has 2 N–H and O–H groups in total. The number of hydrogen-bond acceptors (Lipinski definition) is 5. The van der Waals surface area contributed by atoms with E-state index in [0.717, 1.165) is 40.9 Å². The molecule has 0 spiro atoms. The average Bonchev–Trinajstić information content (AvgIpc) is 3.25. The smallest absolute Gasteiger partial charge is 0.226 e. The monoisotopic (exact) mass is 497 g/mol. The Morgan fingerprint density at radius 1 is 1.15 bits per heavy atom. The third-order valence-electron chi connectivity index (χ3n) is 3.94. The summed E-state index contributed by atoms with van der Waals surface area (Å²) >= 11 is 1.75. The normalized spacial score (nSPS) is 11.1. The van der Waals surface area contributed by atoms with E-state index in [1.165, 1.54) is 4.88 Å². The fourth-order valence-electron chi connectivity index (χ4n) is 2.43. The molecule has 0 aliphatic heterocycles. The molecule has 0 bridgehead atoms. The van der Waals surface area contributed by atoms with Crippen molar-refractivity contribution in [1.29, 1.82) is 0 Å². The number of halogens is 1. The van der Waals surface area contributed by atoms with Crippen LogP contribution < -0.4 is 10.6 Å². The van der Waals surface area contributed by atoms with Gasteiger partial charge in [-0.25, -0.2) is 9.97 Å². The summed E-state index contributed by atoms with van der Waals surface area (Å²) in [4.78, 5) is 14.6. The lowest BCUT2D eigenvalue weighted by molar-refractivity contribution is 0.572. The van der Waals surface area contributed by atoms with Gasteiger partial charge in [-0.05, 0) is 26.0 Å². The molecule has 0 saturated carbocycles. The largest absolute Gasteiger partial charge is 0.444 e. The molecule has 3 rings (SSSR count). The maximum Gasteiger partial charge on any atom is 0.226 e. The summed E-state index contributed by atoms with van der Waals surface area (Å²) in [6, 6.07) is 9.86. The van der Waals surface area contributed by atoms with E-state index >= 15 is 0 Å². The molecule has 0 aliphatic rings. The molecule has 0 saturated heterocycles. The number of guanidine groups is 1. The zero-order chi connectivity index (χ0) is 18.4. The minimum Gasteiger partial charge on any atom is -0.444 e. The highest BCUT2D eigenvalue weighted by Gasteiger charge is 2.07. The molecule has 27 heavy (non-hydrogen) atoms. The van der Waals surface area contributed by atoms with Gasteiger partial charge in [-0.15, -0.1) is 35.3 Å². The van der Waals surface area contributed by atoms with Crippen molar-refractivity contribution in [1.82, 2.24) is 20.6 Å². The summed E-state index contributed by atoms with van der Waals surface area (Å²) in [6.07, 6.45) is 2.55. The van der Waals surface area contributed by atoms with E-state index in [1.54, 1.807) is 24.6 Å². The SMILES string of the molecule is CN=C(NCCc1nc(C)c(C)s1)NCc1coc(-c2ccccc2)n1.I. The molecule has 144 valence electrons. The number of oxazole rings is 1. The van der Waals surface area contributed by atoms with E-state index in [4.69, 9.17) is 4.42 Å². The highest BCUT2D eigenvalue weighted by Crippen LogP contribution is 2.18. The summed E-state index contributed by atoms with van der Waals surface area (Å²) < 4.78 is 5.55. The molecule has 0 amide bonds. The van der Waals surface area contributed by atoms with Crippen molar-refractivity contribution in [2.75, 3.05) is 13.6 Å². The number of aryl methyl sites for hydroxylation is 2. The molecular weight excluding hydrogens is 473 g/mol. The van der Waals surface area contributed by atoms with Gasteiger partial charge in [0.2, 0.25) is 5.89 Å². The minimum atomic E-state index is 0. The van der Waals surface area contributed by atoms with Gasteiger partial charge in [-0.1, -0.05) is 18.2 Å². The van der Waals surface area contributed by atoms with Gasteiger partial charge in [0.05, 0.1) is 22.9 Å². The lowest BCUT2D eigenvalue weighted by Crippen LogP contribution is -2.37. The van der Waals surface area contributed by atoms with Crippen LogP contribution in [0.4, 0.5) is 0 Å². The van der Waals surface area contributed by atoms with Crippen LogP contribution in [0.5, 0.6) is 0 Å². The Morgan fingerprint density at radius 2 is 1.93 bits per heavy atom. The quantitative estimate of drug-likeness (QED) is 0.307. The number of benzene rings is 1. The van der Waals surface area contributed by atoms with Crippen molar-refractivity contribution >= 4 is 41.3 Å². The maximum absolute atomic E-state index is 5.55. The van der Waals surface area contributed by atoms with Gasteiger partial charge < -0.3 is 15.1 Å². The molecule has 6 nitrogen and oxygen atoms in total. The molecule has 0 unspecified atom stereocenters. The first-order valence-electron chi connectivity index (χ1n) is 8.53.